The van der Waals surface area contributed by atoms with Gasteiger partial charge in [0.25, 0.3) is 0 Å². The van der Waals surface area contributed by atoms with Crippen molar-refractivity contribution in [3.05, 3.63) is 185 Å². The van der Waals surface area contributed by atoms with E-state index in [9.17, 15) is 0 Å². The zero-order chi connectivity index (χ0) is 32.8. The molecule has 1 aliphatic heterocycles. The SMILES string of the molecule is C1=Cc2ccc3c(c2CC1)Sc1c(ccc2ccccc12)C31c2ccccc2-c2ccc(-c3nc(-c4ccccc4)c4ccccc4n3)cc21. The fourth-order valence-electron chi connectivity index (χ4n) is 8.82. The lowest BCUT2D eigenvalue weighted by Gasteiger charge is -2.41. The van der Waals surface area contributed by atoms with Crippen molar-refractivity contribution >= 4 is 39.5 Å². The highest BCUT2D eigenvalue weighted by Gasteiger charge is 2.51. The summed E-state index contributed by atoms with van der Waals surface area (Å²) < 4.78 is 0. The van der Waals surface area contributed by atoms with Crippen molar-refractivity contribution in [1.29, 1.82) is 0 Å². The molecule has 2 aliphatic carbocycles. The molecule has 0 N–H and O–H groups in total. The first-order chi connectivity index (χ1) is 24.8. The van der Waals surface area contributed by atoms with Crippen LogP contribution in [-0.2, 0) is 11.8 Å². The highest BCUT2D eigenvalue weighted by atomic mass is 32.2. The molecule has 0 fully saturated rings. The van der Waals surface area contributed by atoms with Gasteiger partial charge in [0.15, 0.2) is 5.82 Å². The lowest BCUT2D eigenvalue weighted by Crippen LogP contribution is -2.32. The fourth-order valence-corrected chi connectivity index (χ4v) is 10.3. The summed E-state index contributed by atoms with van der Waals surface area (Å²) >= 11 is 1.98. The molecule has 11 rings (SSSR count). The second kappa shape index (κ2) is 10.6. The van der Waals surface area contributed by atoms with Gasteiger partial charge in [0.1, 0.15) is 0 Å². The zero-order valence-corrected chi connectivity index (χ0v) is 28.0. The Morgan fingerprint density at radius 3 is 2.24 bits per heavy atom. The van der Waals surface area contributed by atoms with E-state index >= 15 is 0 Å². The van der Waals surface area contributed by atoms with Crippen molar-refractivity contribution in [1.82, 2.24) is 9.97 Å². The van der Waals surface area contributed by atoms with Crippen molar-refractivity contribution < 1.29 is 0 Å². The molecule has 0 radical (unpaired) electrons. The summed E-state index contributed by atoms with van der Waals surface area (Å²) in [7, 11) is 0. The Labute approximate surface area is 295 Å². The first-order valence-corrected chi connectivity index (χ1v) is 18.2. The quantitative estimate of drug-likeness (QED) is 0.185. The van der Waals surface area contributed by atoms with E-state index in [2.05, 4.69) is 158 Å². The van der Waals surface area contributed by atoms with Crippen LogP contribution in [0.5, 0.6) is 0 Å². The maximum atomic E-state index is 5.31. The van der Waals surface area contributed by atoms with Gasteiger partial charge < -0.3 is 0 Å². The molecule has 0 bridgehead atoms. The lowest BCUT2D eigenvalue weighted by atomic mass is 9.66. The molecule has 7 aromatic carbocycles. The van der Waals surface area contributed by atoms with Gasteiger partial charge in [-0.25, -0.2) is 9.97 Å². The zero-order valence-electron chi connectivity index (χ0n) is 27.2. The summed E-state index contributed by atoms with van der Waals surface area (Å²) in [6, 6.07) is 53.3. The number of fused-ring (bicyclic) bond motifs is 14. The molecule has 2 heterocycles. The molecule has 2 nitrogen and oxygen atoms in total. The van der Waals surface area contributed by atoms with Crippen LogP contribution in [0.3, 0.4) is 0 Å². The van der Waals surface area contributed by atoms with E-state index in [0.29, 0.717) is 0 Å². The highest BCUT2D eigenvalue weighted by molar-refractivity contribution is 7.99. The van der Waals surface area contributed by atoms with Crippen LogP contribution < -0.4 is 0 Å². The number of para-hydroxylation sites is 1. The molecule has 1 atom stereocenters. The molecule has 3 aliphatic rings. The summed E-state index contributed by atoms with van der Waals surface area (Å²) in [6.07, 6.45) is 6.77. The van der Waals surface area contributed by atoms with Gasteiger partial charge in [-0.2, -0.15) is 0 Å². The highest BCUT2D eigenvalue weighted by Crippen LogP contribution is 2.64. The fraction of sp³-hybridized carbons (Fsp3) is 0.0638. The van der Waals surface area contributed by atoms with Crippen molar-refractivity contribution in [3.8, 4) is 33.8 Å². The predicted octanol–water partition coefficient (Wildman–Crippen LogP) is 11.9. The molecule has 1 spiro atoms. The van der Waals surface area contributed by atoms with E-state index < -0.39 is 5.41 Å². The lowest BCUT2D eigenvalue weighted by molar-refractivity contribution is 0.717. The van der Waals surface area contributed by atoms with E-state index in [4.69, 9.17) is 9.97 Å². The number of hydrogen-bond acceptors (Lipinski definition) is 3. The van der Waals surface area contributed by atoms with Crippen LogP contribution in [0.1, 0.15) is 39.8 Å². The molecule has 3 heteroatoms. The molecule has 234 valence electrons. The number of hydrogen-bond donors (Lipinski definition) is 0. The Hall–Kier alpha value is -5.77. The molecule has 1 aromatic heterocycles. The van der Waals surface area contributed by atoms with Gasteiger partial charge in [0, 0.05) is 26.3 Å². The third-order valence-corrected chi connectivity index (χ3v) is 12.3. The van der Waals surface area contributed by atoms with Gasteiger partial charge >= 0.3 is 0 Å². The summed E-state index contributed by atoms with van der Waals surface area (Å²) in [5, 5.41) is 3.65. The summed E-state index contributed by atoms with van der Waals surface area (Å²) in [5.41, 5.74) is 14.3. The van der Waals surface area contributed by atoms with Crippen LogP contribution in [0.2, 0.25) is 0 Å². The topological polar surface area (TPSA) is 25.8 Å². The Morgan fingerprint density at radius 1 is 0.540 bits per heavy atom. The Kier molecular flexibility index (Phi) is 5.97. The van der Waals surface area contributed by atoms with Gasteiger partial charge in [0.05, 0.1) is 16.6 Å². The first kappa shape index (κ1) is 28.1. The summed E-state index contributed by atoms with van der Waals surface area (Å²) in [4.78, 5) is 13.3. The monoisotopic (exact) mass is 654 g/mol. The van der Waals surface area contributed by atoms with Crippen LogP contribution in [0.25, 0.3) is 61.5 Å². The molecular weight excluding hydrogens is 625 g/mol. The molecular formula is C47H30N2S. The van der Waals surface area contributed by atoms with E-state index in [1.54, 1.807) is 0 Å². The summed E-state index contributed by atoms with van der Waals surface area (Å²) in [5.74, 6) is 0.746. The predicted molar refractivity (Wildman–Crippen MR) is 207 cm³/mol. The molecule has 0 saturated carbocycles. The smallest absolute Gasteiger partial charge is 0.160 e. The van der Waals surface area contributed by atoms with Gasteiger partial charge in [-0.15, -0.1) is 0 Å². The Balaban J connectivity index is 1.24. The number of aromatic nitrogens is 2. The van der Waals surface area contributed by atoms with Crippen LogP contribution in [-0.4, -0.2) is 9.97 Å². The van der Waals surface area contributed by atoms with Crippen molar-refractivity contribution in [3.63, 3.8) is 0 Å². The normalized spacial score (nSPS) is 16.6. The minimum atomic E-state index is -0.489. The maximum Gasteiger partial charge on any atom is 0.160 e. The third-order valence-electron chi connectivity index (χ3n) is 11.0. The second-order valence-electron chi connectivity index (χ2n) is 13.6. The molecule has 1 unspecified atom stereocenters. The number of allylic oxidation sites excluding steroid dienone is 1. The third kappa shape index (κ3) is 3.81. The van der Waals surface area contributed by atoms with Crippen molar-refractivity contribution in [2.24, 2.45) is 0 Å². The number of rotatable bonds is 2. The molecule has 0 saturated heterocycles. The van der Waals surface area contributed by atoms with E-state index in [1.807, 2.05) is 11.8 Å². The minimum absolute atomic E-state index is 0.489. The Bertz CT molecular complexity index is 2740. The van der Waals surface area contributed by atoms with Crippen LogP contribution in [0.4, 0.5) is 0 Å². The van der Waals surface area contributed by atoms with Gasteiger partial charge in [-0.1, -0.05) is 157 Å². The molecule has 8 aromatic rings. The maximum absolute atomic E-state index is 5.31. The molecule has 50 heavy (non-hydrogen) atoms. The van der Waals surface area contributed by atoms with E-state index in [0.717, 1.165) is 46.4 Å². The number of nitrogens with zero attached hydrogens (tertiary/aromatic N) is 2. The van der Waals surface area contributed by atoms with Gasteiger partial charge in [-0.05, 0) is 80.3 Å². The van der Waals surface area contributed by atoms with Crippen LogP contribution >= 0.6 is 11.8 Å². The average Bonchev–Trinajstić information content (AvgIpc) is 3.47. The minimum Gasteiger partial charge on any atom is -0.228 e. The van der Waals surface area contributed by atoms with Crippen LogP contribution in [0.15, 0.2) is 161 Å². The molecule has 0 amide bonds. The Morgan fingerprint density at radius 2 is 1.30 bits per heavy atom. The first-order valence-electron chi connectivity index (χ1n) is 17.4. The van der Waals surface area contributed by atoms with E-state index in [1.165, 1.54) is 65.1 Å². The van der Waals surface area contributed by atoms with Crippen LogP contribution in [0, 0.1) is 0 Å². The second-order valence-corrected chi connectivity index (χ2v) is 14.6. The standard InChI is InChI=1S/C47H30N2S/c1-2-14-31(15-3-1)43-37-19-9-11-21-42(37)48-46(49-43)32-22-25-36-35-18-8-10-20-38(35)47(41(36)28-32)39-26-23-29-12-4-6-16-33(29)44(39)50-45-34-17-7-5-13-30(34)24-27-40(45)47/h1-6,8-16,18-28H,7,17H2. The van der Waals surface area contributed by atoms with E-state index in [-0.39, 0.29) is 0 Å². The van der Waals surface area contributed by atoms with Gasteiger partial charge in [-0.3, -0.25) is 0 Å². The number of benzene rings is 7. The van der Waals surface area contributed by atoms with Crippen molar-refractivity contribution in [2.75, 3.05) is 0 Å². The average molecular weight is 655 g/mol. The largest absolute Gasteiger partial charge is 0.228 e. The van der Waals surface area contributed by atoms with Crippen molar-refractivity contribution in [2.45, 2.75) is 28.0 Å². The van der Waals surface area contributed by atoms with Gasteiger partial charge in [0.2, 0.25) is 0 Å². The summed E-state index contributed by atoms with van der Waals surface area (Å²) in [6.45, 7) is 0.